The van der Waals surface area contributed by atoms with Gasteiger partial charge in [-0.2, -0.15) is 0 Å². The van der Waals surface area contributed by atoms with Crippen molar-refractivity contribution in [3.63, 3.8) is 0 Å². The highest BCUT2D eigenvalue weighted by atomic mass is 16.5. The first kappa shape index (κ1) is 30.1. The summed E-state index contributed by atoms with van der Waals surface area (Å²) in [6.45, 7) is 10.4. The molecule has 0 radical (unpaired) electrons. The molecule has 0 saturated heterocycles. The molecule has 0 bridgehead atoms. The molecule has 0 aliphatic carbocycles. The van der Waals surface area contributed by atoms with Crippen molar-refractivity contribution in [2.24, 2.45) is 9.98 Å². The Morgan fingerprint density at radius 1 is 0.750 bits per heavy atom. The number of aromatic nitrogens is 2. The van der Waals surface area contributed by atoms with Crippen LogP contribution in [0.3, 0.4) is 0 Å². The smallest absolute Gasteiger partial charge is 0.256 e. The fraction of sp³-hybridized carbons (Fsp3) is 0.235. The van der Waals surface area contributed by atoms with Gasteiger partial charge in [-0.15, -0.1) is 0 Å². The first-order valence-electron chi connectivity index (χ1n) is 14.0. The summed E-state index contributed by atoms with van der Waals surface area (Å²) < 4.78 is 18.9. The zero-order valence-corrected chi connectivity index (χ0v) is 25.3. The zero-order valence-electron chi connectivity index (χ0n) is 25.3. The number of benzene rings is 2. The molecular weight excluding hydrogens is 560 g/mol. The summed E-state index contributed by atoms with van der Waals surface area (Å²) in [5.41, 5.74) is 0.721. The fourth-order valence-corrected chi connectivity index (χ4v) is 4.59. The summed E-state index contributed by atoms with van der Waals surface area (Å²) in [6, 6.07) is 20.7. The molecule has 0 atom stereocenters. The van der Waals surface area contributed by atoms with Crippen LogP contribution in [0.25, 0.3) is 0 Å². The van der Waals surface area contributed by atoms with Gasteiger partial charge in [-0.25, -0.2) is 15.0 Å². The van der Waals surface area contributed by atoms with Gasteiger partial charge in [-0.05, 0) is 90.1 Å². The molecule has 0 unspecified atom stereocenters. The predicted octanol–water partition coefficient (Wildman–Crippen LogP) is 5.71. The quantitative estimate of drug-likeness (QED) is 0.279. The van der Waals surface area contributed by atoms with E-state index >= 15 is 0 Å². The highest BCUT2D eigenvalue weighted by molar-refractivity contribution is 6.06. The number of carbonyl (C=O) groups is 2. The van der Waals surface area contributed by atoms with Gasteiger partial charge in [0.1, 0.15) is 17.3 Å². The molecule has 2 aliphatic rings. The molecule has 0 spiro atoms. The summed E-state index contributed by atoms with van der Waals surface area (Å²) >= 11 is 0. The SMILES string of the molecule is CC(=O)c1ccc2c(c1)C(Oc1ccccn1)=NC(C)(C)O2.CC(=O)c1ccc2c(c1)C(n1ccccc1=O)=NC(C)(C)O2. The topological polar surface area (TPSA) is 121 Å². The maximum Gasteiger partial charge on any atom is 0.256 e. The Kier molecular flexibility index (Phi) is 8.01. The molecule has 2 aromatic heterocycles. The van der Waals surface area contributed by atoms with E-state index in [1.54, 1.807) is 67.0 Å². The molecular formula is C34H32N4O6. The lowest BCUT2D eigenvalue weighted by atomic mass is 10.0. The third-order valence-electron chi connectivity index (χ3n) is 6.60. The van der Waals surface area contributed by atoms with Gasteiger partial charge in [-0.3, -0.25) is 19.0 Å². The Bertz CT molecular complexity index is 1870. The highest BCUT2D eigenvalue weighted by Crippen LogP contribution is 2.33. The van der Waals surface area contributed by atoms with E-state index in [0.29, 0.717) is 51.4 Å². The normalized spacial score (nSPS) is 15.4. The number of aliphatic imine (C=N–C) groups is 2. The van der Waals surface area contributed by atoms with E-state index < -0.39 is 11.4 Å². The van der Waals surface area contributed by atoms with E-state index in [1.165, 1.54) is 24.5 Å². The Labute approximate surface area is 254 Å². The zero-order chi connectivity index (χ0) is 31.6. The molecule has 0 amide bonds. The third-order valence-corrected chi connectivity index (χ3v) is 6.60. The number of Topliss-reactive ketones (excluding diaryl/α,β-unsaturated/α-hetero) is 2. The van der Waals surface area contributed by atoms with Crippen LogP contribution in [0.1, 0.15) is 73.4 Å². The maximum absolute atomic E-state index is 12.1. The third kappa shape index (κ3) is 6.64. The van der Waals surface area contributed by atoms with E-state index in [0.717, 1.165) is 0 Å². The summed E-state index contributed by atoms with van der Waals surface area (Å²) in [4.78, 5) is 48.5. The molecule has 10 heteroatoms. The first-order chi connectivity index (χ1) is 20.8. The molecule has 0 fully saturated rings. The Morgan fingerprint density at radius 2 is 1.34 bits per heavy atom. The second kappa shape index (κ2) is 11.7. The van der Waals surface area contributed by atoms with Gasteiger partial charge in [-0.1, -0.05) is 12.1 Å². The lowest BCUT2D eigenvalue weighted by Crippen LogP contribution is -2.37. The molecule has 2 aliphatic heterocycles. The van der Waals surface area contributed by atoms with E-state index in [4.69, 9.17) is 14.2 Å². The minimum absolute atomic E-state index is 0.0233. The minimum Gasteiger partial charge on any atom is -0.466 e. The van der Waals surface area contributed by atoms with Crippen LogP contribution in [0.5, 0.6) is 17.4 Å². The lowest BCUT2D eigenvalue weighted by molar-refractivity contribution is 0.100. The van der Waals surface area contributed by atoms with Gasteiger partial charge in [0.05, 0.1) is 11.1 Å². The first-order valence-corrected chi connectivity index (χ1v) is 14.0. The number of nitrogens with zero attached hydrogens (tertiary/aromatic N) is 4. The number of carbonyl (C=O) groups excluding carboxylic acids is 2. The van der Waals surface area contributed by atoms with Crippen molar-refractivity contribution in [3.05, 3.63) is 118 Å². The van der Waals surface area contributed by atoms with Crippen molar-refractivity contribution in [2.75, 3.05) is 0 Å². The standard InChI is InChI=1S/2C17H16N2O3/c1-11(20)12-7-8-14-13(10-12)16(18-17(2,3)22-14)19-9-5-4-6-15(19)21;1-11(20)12-7-8-14-13(10-12)16(19-17(2,3)22-14)21-15-6-4-5-9-18-15/h2*4-10H,1-3H3. The molecule has 0 N–H and O–H groups in total. The average molecular weight is 593 g/mol. The molecule has 6 rings (SSSR count). The summed E-state index contributed by atoms with van der Waals surface area (Å²) in [5, 5.41) is 0. The fourth-order valence-electron chi connectivity index (χ4n) is 4.59. The number of hydrogen-bond donors (Lipinski definition) is 0. The number of ketones is 2. The van der Waals surface area contributed by atoms with Crippen molar-refractivity contribution in [2.45, 2.75) is 53.0 Å². The Balaban J connectivity index is 0.000000175. The minimum atomic E-state index is -0.782. The van der Waals surface area contributed by atoms with Crippen LogP contribution in [0, 0.1) is 0 Å². The van der Waals surface area contributed by atoms with E-state index in [9.17, 15) is 14.4 Å². The van der Waals surface area contributed by atoms with Gasteiger partial charge in [0.2, 0.25) is 11.8 Å². The summed E-state index contributed by atoms with van der Waals surface area (Å²) in [5.74, 6) is 2.50. The molecule has 10 nitrogen and oxygen atoms in total. The van der Waals surface area contributed by atoms with Gasteiger partial charge in [0.25, 0.3) is 5.56 Å². The van der Waals surface area contributed by atoms with Crippen molar-refractivity contribution < 1.29 is 23.8 Å². The van der Waals surface area contributed by atoms with E-state index in [1.807, 2.05) is 39.8 Å². The lowest BCUT2D eigenvalue weighted by Gasteiger charge is -2.30. The second-order valence-corrected chi connectivity index (χ2v) is 11.2. The van der Waals surface area contributed by atoms with Gasteiger partial charge < -0.3 is 14.2 Å². The van der Waals surface area contributed by atoms with Crippen molar-refractivity contribution in [3.8, 4) is 17.4 Å². The van der Waals surface area contributed by atoms with Crippen LogP contribution >= 0.6 is 0 Å². The van der Waals surface area contributed by atoms with Crippen molar-refractivity contribution >= 4 is 23.3 Å². The van der Waals surface area contributed by atoms with E-state index in [2.05, 4.69) is 15.0 Å². The number of hydrogen-bond acceptors (Lipinski definition) is 9. The number of ether oxygens (including phenoxy) is 3. The van der Waals surface area contributed by atoms with Crippen LogP contribution in [0.2, 0.25) is 0 Å². The Hall–Kier alpha value is -5.38. The molecule has 4 heterocycles. The van der Waals surface area contributed by atoms with Gasteiger partial charge in [0, 0.05) is 35.7 Å². The molecule has 0 saturated carbocycles. The van der Waals surface area contributed by atoms with Gasteiger partial charge in [0.15, 0.2) is 23.0 Å². The van der Waals surface area contributed by atoms with Crippen LogP contribution in [-0.2, 0) is 0 Å². The van der Waals surface area contributed by atoms with Crippen molar-refractivity contribution in [1.82, 2.24) is 9.55 Å². The van der Waals surface area contributed by atoms with E-state index in [-0.39, 0.29) is 17.1 Å². The second-order valence-electron chi connectivity index (χ2n) is 11.2. The van der Waals surface area contributed by atoms with Crippen LogP contribution in [-0.4, -0.2) is 44.3 Å². The summed E-state index contributed by atoms with van der Waals surface area (Å²) in [6.07, 6.45) is 3.31. The Morgan fingerprint density at radius 3 is 1.93 bits per heavy atom. The van der Waals surface area contributed by atoms with Crippen molar-refractivity contribution in [1.29, 1.82) is 0 Å². The van der Waals surface area contributed by atoms with Gasteiger partial charge >= 0.3 is 0 Å². The predicted molar refractivity (Wildman–Crippen MR) is 166 cm³/mol. The monoisotopic (exact) mass is 592 g/mol. The number of rotatable bonds is 3. The van der Waals surface area contributed by atoms with Crippen LogP contribution in [0.15, 0.2) is 100.0 Å². The molecule has 4 aromatic rings. The summed E-state index contributed by atoms with van der Waals surface area (Å²) in [7, 11) is 0. The number of fused-ring (bicyclic) bond motifs is 2. The number of pyridine rings is 2. The average Bonchev–Trinajstić information content (AvgIpc) is 2.96. The molecule has 224 valence electrons. The van der Waals surface area contributed by atoms with Crippen LogP contribution in [0.4, 0.5) is 0 Å². The molecule has 2 aromatic carbocycles. The molecule has 44 heavy (non-hydrogen) atoms. The van der Waals surface area contributed by atoms with Crippen LogP contribution < -0.4 is 19.8 Å². The highest BCUT2D eigenvalue weighted by Gasteiger charge is 2.31. The maximum atomic E-state index is 12.1. The largest absolute Gasteiger partial charge is 0.466 e.